The Labute approximate surface area is 234 Å². The molecular weight excluding hydrogens is 504 g/mol. The number of amides is 1. The molecule has 1 N–H and O–H groups in total. The molecular formula is C33H36N2O3S. The van der Waals surface area contributed by atoms with Crippen LogP contribution in [0.2, 0.25) is 0 Å². The maximum atomic E-state index is 13.4. The van der Waals surface area contributed by atoms with Crippen molar-refractivity contribution in [3.8, 4) is 5.75 Å². The zero-order chi connectivity index (χ0) is 27.4. The fraction of sp³-hybridized carbons (Fsp3) is 0.333. The summed E-state index contributed by atoms with van der Waals surface area (Å²) >= 11 is 1.66. The summed E-state index contributed by atoms with van der Waals surface area (Å²) in [5, 5.41) is 3.81. The maximum absolute atomic E-state index is 13.4. The van der Waals surface area contributed by atoms with Crippen molar-refractivity contribution in [3.63, 3.8) is 0 Å². The quantitative estimate of drug-likeness (QED) is 0.230. The van der Waals surface area contributed by atoms with Gasteiger partial charge in [0.1, 0.15) is 23.1 Å². The van der Waals surface area contributed by atoms with E-state index in [0.29, 0.717) is 24.6 Å². The van der Waals surface area contributed by atoms with Gasteiger partial charge in [0, 0.05) is 11.1 Å². The van der Waals surface area contributed by atoms with Gasteiger partial charge >= 0.3 is 0 Å². The lowest BCUT2D eigenvalue weighted by Gasteiger charge is -2.33. The van der Waals surface area contributed by atoms with Crippen LogP contribution in [-0.4, -0.2) is 12.1 Å². The second kappa shape index (κ2) is 11.6. The number of ether oxygens (including phenoxy) is 1. The number of furan rings is 1. The summed E-state index contributed by atoms with van der Waals surface area (Å²) in [6.45, 7) is 9.88. The number of hydrogen-bond donors (Lipinski definition) is 1. The lowest BCUT2D eigenvalue weighted by Crippen LogP contribution is -2.28. The number of nitrogens with one attached hydrogen (secondary N) is 1. The lowest BCUT2D eigenvalue weighted by molar-refractivity contribution is 0.0947. The molecule has 1 aliphatic rings. The van der Waals surface area contributed by atoms with E-state index in [4.69, 9.17) is 14.1 Å². The molecule has 5 nitrogen and oxygen atoms in total. The lowest BCUT2D eigenvalue weighted by atomic mass is 9.72. The van der Waals surface area contributed by atoms with Gasteiger partial charge in [-0.25, -0.2) is 4.99 Å². The van der Waals surface area contributed by atoms with Gasteiger partial charge in [0.15, 0.2) is 0 Å². The van der Waals surface area contributed by atoms with Gasteiger partial charge in [-0.1, -0.05) is 50.6 Å². The molecule has 0 saturated heterocycles. The number of carbonyl (C=O) groups is 1. The van der Waals surface area contributed by atoms with Crippen LogP contribution in [0.5, 0.6) is 5.75 Å². The topological polar surface area (TPSA) is 63.8 Å². The number of rotatable bonds is 8. The Balaban J connectivity index is 1.33. The van der Waals surface area contributed by atoms with Gasteiger partial charge in [-0.15, -0.1) is 11.3 Å². The van der Waals surface area contributed by atoms with Crippen molar-refractivity contribution in [2.75, 3.05) is 0 Å². The molecule has 2 aromatic carbocycles. The summed E-state index contributed by atoms with van der Waals surface area (Å²) in [5.74, 6) is 2.04. The highest BCUT2D eigenvalue weighted by atomic mass is 32.1. The van der Waals surface area contributed by atoms with E-state index in [-0.39, 0.29) is 11.3 Å². The van der Waals surface area contributed by atoms with Crippen LogP contribution in [-0.2, 0) is 26.0 Å². The Morgan fingerprint density at radius 2 is 1.90 bits per heavy atom. The molecule has 1 atom stereocenters. The van der Waals surface area contributed by atoms with Gasteiger partial charge in [-0.3, -0.25) is 4.79 Å². The molecule has 39 heavy (non-hydrogen) atoms. The van der Waals surface area contributed by atoms with E-state index < -0.39 is 0 Å². The summed E-state index contributed by atoms with van der Waals surface area (Å²) in [7, 11) is 0. The van der Waals surface area contributed by atoms with E-state index in [9.17, 15) is 4.79 Å². The van der Waals surface area contributed by atoms with E-state index in [1.54, 1.807) is 17.6 Å². The van der Waals surface area contributed by atoms with E-state index in [0.717, 1.165) is 52.5 Å². The van der Waals surface area contributed by atoms with Gasteiger partial charge in [-0.2, -0.15) is 0 Å². The maximum Gasteiger partial charge on any atom is 0.255 e. The van der Waals surface area contributed by atoms with Crippen LogP contribution in [0, 0.1) is 18.3 Å². The van der Waals surface area contributed by atoms with Gasteiger partial charge in [-0.05, 0) is 90.6 Å². The molecule has 0 radical (unpaired) electrons. The molecule has 5 rings (SSSR count). The standard InChI is InChI=1S/C33H36N2O3S/c1-22-7-9-24(10-8-22)21-38-26-14-11-23(12-15-26)19-35-32-30(31(36)34-20-27-6-5-17-37-27)28-16-13-25(33(2,3)4)18-29(28)39-32/h5-12,14-15,17,19,25H,13,16,18,20-21H2,1-4H3,(H,34,36)/t25-/m0/s1. The smallest absolute Gasteiger partial charge is 0.255 e. The van der Waals surface area contributed by atoms with Crippen molar-refractivity contribution in [1.82, 2.24) is 5.32 Å². The van der Waals surface area contributed by atoms with Gasteiger partial charge in [0.05, 0.1) is 18.4 Å². The molecule has 2 heterocycles. The van der Waals surface area contributed by atoms with Crippen molar-refractivity contribution in [3.05, 3.63) is 105 Å². The van der Waals surface area contributed by atoms with Crippen LogP contribution in [0.15, 0.2) is 76.3 Å². The third kappa shape index (κ3) is 6.69. The number of fused-ring (bicyclic) bond motifs is 1. The second-order valence-corrected chi connectivity index (χ2v) is 12.4. The molecule has 0 aliphatic heterocycles. The van der Waals surface area contributed by atoms with Gasteiger partial charge in [0.25, 0.3) is 5.91 Å². The largest absolute Gasteiger partial charge is 0.489 e. The van der Waals surface area contributed by atoms with Crippen LogP contribution in [0.3, 0.4) is 0 Å². The van der Waals surface area contributed by atoms with E-state index >= 15 is 0 Å². The Morgan fingerprint density at radius 3 is 2.59 bits per heavy atom. The Hall–Kier alpha value is -3.64. The van der Waals surface area contributed by atoms with Crippen molar-refractivity contribution in [2.24, 2.45) is 16.3 Å². The van der Waals surface area contributed by atoms with Crippen LogP contribution >= 0.6 is 11.3 Å². The van der Waals surface area contributed by atoms with Crippen LogP contribution < -0.4 is 10.1 Å². The highest BCUT2D eigenvalue weighted by molar-refractivity contribution is 7.16. The minimum absolute atomic E-state index is 0.0925. The first kappa shape index (κ1) is 26.9. The Morgan fingerprint density at radius 1 is 1.13 bits per heavy atom. The fourth-order valence-electron chi connectivity index (χ4n) is 4.94. The summed E-state index contributed by atoms with van der Waals surface area (Å²) in [6.07, 6.45) is 6.43. The summed E-state index contributed by atoms with van der Waals surface area (Å²) in [6, 6.07) is 20.0. The van der Waals surface area contributed by atoms with E-state index in [2.05, 4.69) is 57.3 Å². The van der Waals surface area contributed by atoms with Crippen molar-refractivity contribution in [1.29, 1.82) is 0 Å². The number of aryl methyl sites for hydroxylation is 1. The minimum atomic E-state index is -0.0925. The van der Waals surface area contributed by atoms with Gasteiger partial charge in [0.2, 0.25) is 0 Å². The van der Waals surface area contributed by atoms with Crippen molar-refractivity contribution in [2.45, 2.75) is 60.1 Å². The normalized spacial score (nSPS) is 15.3. The minimum Gasteiger partial charge on any atom is -0.489 e. The van der Waals surface area contributed by atoms with Crippen LogP contribution in [0.25, 0.3) is 0 Å². The summed E-state index contributed by atoms with van der Waals surface area (Å²) in [5.41, 5.74) is 5.43. The zero-order valence-electron chi connectivity index (χ0n) is 23.1. The van der Waals surface area contributed by atoms with Crippen molar-refractivity contribution < 1.29 is 13.9 Å². The average Bonchev–Trinajstić information content (AvgIpc) is 3.58. The highest BCUT2D eigenvalue weighted by Crippen LogP contribution is 2.45. The molecule has 0 unspecified atom stereocenters. The van der Waals surface area contributed by atoms with E-state index in [1.165, 1.54) is 10.4 Å². The first-order chi connectivity index (χ1) is 18.8. The first-order valence-corrected chi connectivity index (χ1v) is 14.4. The number of hydrogen-bond acceptors (Lipinski definition) is 5. The molecule has 0 bridgehead atoms. The molecule has 4 aromatic rings. The molecule has 2 aromatic heterocycles. The number of nitrogens with zero attached hydrogens (tertiary/aromatic N) is 1. The fourth-order valence-corrected chi connectivity index (χ4v) is 6.21. The SMILES string of the molecule is Cc1ccc(COc2ccc(C=Nc3sc4c(c3C(=O)NCc3ccco3)CC[C@H](C(C)(C)C)C4)cc2)cc1. The monoisotopic (exact) mass is 540 g/mol. The molecule has 1 aliphatic carbocycles. The average molecular weight is 541 g/mol. The van der Waals surface area contributed by atoms with Gasteiger partial charge < -0.3 is 14.5 Å². The molecule has 202 valence electrons. The van der Waals surface area contributed by atoms with Crippen molar-refractivity contribution >= 4 is 28.5 Å². The third-order valence-corrected chi connectivity index (χ3v) is 8.60. The molecule has 6 heteroatoms. The zero-order valence-corrected chi connectivity index (χ0v) is 23.9. The Bertz CT molecular complexity index is 1430. The summed E-state index contributed by atoms with van der Waals surface area (Å²) in [4.78, 5) is 19.5. The van der Waals surface area contributed by atoms with Crippen LogP contribution in [0.1, 0.15) is 70.4 Å². The number of benzene rings is 2. The third-order valence-electron chi connectivity index (χ3n) is 7.44. The highest BCUT2D eigenvalue weighted by Gasteiger charge is 2.33. The summed E-state index contributed by atoms with van der Waals surface area (Å²) < 4.78 is 11.4. The van der Waals surface area contributed by atoms with Crippen LogP contribution in [0.4, 0.5) is 5.00 Å². The molecule has 1 amide bonds. The predicted molar refractivity (Wildman–Crippen MR) is 158 cm³/mol. The Kier molecular flexibility index (Phi) is 8.03. The number of aliphatic imine (C=N–C) groups is 1. The predicted octanol–water partition coefficient (Wildman–Crippen LogP) is 8.06. The number of thiophene rings is 1. The number of carbonyl (C=O) groups excluding carboxylic acids is 1. The second-order valence-electron chi connectivity index (χ2n) is 11.4. The first-order valence-electron chi connectivity index (χ1n) is 13.5. The molecule has 0 saturated carbocycles. The molecule has 0 spiro atoms. The van der Waals surface area contributed by atoms with E-state index in [1.807, 2.05) is 42.6 Å². The molecule has 0 fully saturated rings.